The van der Waals surface area contributed by atoms with Crippen LogP contribution in [0.25, 0.3) is 0 Å². The number of anilines is 2. The van der Waals surface area contributed by atoms with E-state index in [1.54, 1.807) is 67.8 Å². The first-order valence-electron chi connectivity index (χ1n) is 18.0. The fourth-order valence-corrected chi connectivity index (χ4v) is 11.1. The second-order valence-electron chi connectivity index (χ2n) is 14.0. The SMILES string of the molecule is COc1ccc(S(=O)(=O)c2ccc3c(c2)[C@@H]2CCNCC[C@@H]2N3C)cc1.COc1cccc(S(=O)(=O)c2ccc3c(c2)[C@@H]2CCNCC[C@@H]2N3C)c1. The van der Waals surface area contributed by atoms with Crippen LogP contribution in [0, 0.1) is 0 Å². The molecule has 0 aromatic heterocycles. The second kappa shape index (κ2) is 14.7. The molecule has 0 unspecified atom stereocenters. The zero-order valence-corrected chi connectivity index (χ0v) is 31.8. The van der Waals surface area contributed by atoms with E-state index in [2.05, 4.69) is 34.5 Å². The number of benzene rings is 4. The van der Waals surface area contributed by atoms with Crippen LogP contribution >= 0.6 is 0 Å². The highest BCUT2D eigenvalue weighted by molar-refractivity contribution is 7.91. The summed E-state index contributed by atoms with van der Waals surface area (Å²) < 4.78 is 62.7. The second-order valence-corrected chi connectivity index (χ2v) is 17.9. The normalized spacial score (nSPS) is 22.5. The minimum atomic E-state index is -3.57. The molecule has 276 valence electrons. The van der Waals surface area contributed by atoms with Crippen molar-refractivity contribution in [2.75, 3.05) is 64.3 Å². The van der Waals surface area contributed by atoms with Crippen molar-refractivity contribution in [3.05, 3.63) is 96.1 Å². The topological polar surface area (TPSA) is 117 Å². The van der Waals surface area contributed by atoms with Gasteiger partial charge in [0.1, 0.15) is 11.5 Å². The van der Waals surface area contributed by atoms with Gasteiger partial charge in [-0.3, -0.25) is 0 Å². The average Bonchev–Trinajstić information content (AvgIpc) is 3.37. The van der Waals surface area contributed by atoms with E-state index in [9.17, 15) is 16.8 Å². The molecule has 4 heterocycles. The van der Waals surface area contributed by atoms with Gasteiger partial charge in [-0.15, -0.1) is 0 Å². The van der Waals surface area contributed by atoms with Crippen molar-refractivity contribution in [1.82, 2.24) is 10.6 Å². The van der Waals surface area contributed by atoms with Gasteiger partial charge in [0.15, 0.2) is 0 Å². The minimum Gasteiger partial charge on any atom is -0.497 e. The molecular weight excluding hydrogens is 697 g/mol. The number of rotatable bonds is 6. The summed E-state index contributed by atoms with van der Waals surface area (Å²) in [6.45, 7) is 3.97. The smallest absolute Gasteiger partial charge is 0.206 e. The first kappa shape index (κ1) is 36.3. The van der Waals surface area contributed by atoms with Crippen LogP contribution in [0.4, 0.5) is 11.4 Å². The summed E-state index contributed by atoms with van der Waals surface area (Å²) in [6, 6.07) is 25.3. The Balaban J connectivity index is 0.000000162. The van der Waals surface area contributed by atoms with Gasteiger partial charge in [-0.1, -0.05) is 6.07 Å². The van der Waals surface area contributed by atoms with Crippen LogP contribution in [0.5, 0.6) is 11.5 Å². The van der Waals surface area contributed by atoms with Crippen molar-refractivity contribution >= 4 is 31.0 Å². The summed E-state index contributed by atoms with van der Waals surface area (Å²) in [6.07, 6.45) is 4.23. The Labute approximate surface area is 308 Å². The van der Waals surface area contributed by atoms with Gasteiger partial charge < -0.3 is 29.9 Å². The largest absolute Gasteiger partial charge is 0.497 e. The molecule has 0 bridgehead atoms. The Morgan fingerprint density at radius 2 is 0.981 bits per heavy atom. The molecule has 4 aliphatic heterocycles. The molecule has 4 aromatic carbocycles. The molecule has 8 rings (SSSR count). The predicted octanol–water partition coefficient (Wildman–Crippen LogP) is 5.63. The average molecular weight is 745 g/mol. The lowest BCUT2D eigenvalue weighted by molar-refractivity contribution is 0.413. The Hall–Kier alpha value is -4.10. The summed E-state index contributed by atoms with van der Waals surface area (Å²) in [7, 11) is 0.229. The fourth-order valence-electron chi connectivity index (χ4n) is 8.49. The number of hydrogen-bond donors (Lipinski definition) is 2. The van der Waals surface area contributed by atoms with Crippen LogP contribution in [0.3, 0.4) is 0 Å². The molecule has 10 nitrogen and oxygen atoms in total. The van der Waals surface area contributed by atoms with Crippen LogP contribution in [-0.2, 0) is 19.7 Å². The number of nitrogens with zero attached hydrogens (tertiary/aromatic N) is 2. The highest BCUT2D eigenvalue weighted by Gasteiger charge is 2.39. The first-order chi connectivity index (χ1) is 25.0. The van der Waals surface area contributed by atoms with Crippen molar-refractivity contribution in [3.63, 3.8) is 0 Å². The third-order valence-electron chi connectivity index (χ3n) is 11.3. The standard InChI is InChI=1S/2C20H24N2O3S/c1-22-19-8-7-16(13-18(19)17-9-11-21-12-10-20(17)22)26(23,24)15-5-3-14(25-2)4-6-15;1-22-19-7-6-16(13-18(19)17-8-10-21-11-9-20(17)22)26(23,24)15-5-3-4-14(12-15)25-2/h3-8,13,17,20-21H,9-12H2,1-2H3;3-7,12-13,17,20-21H,8-11H2,1-2H3/t2*17-,20-/m00/s1. The summed E-state index contributed by atoms with van der Waals surface area (Å²) in [5.41, 5.74) is 4.64. The zero-order chi connectivity index (χ0) is 36.6. The maximum atomic E-state index is 13.1. The lowest BCUT2D eigenvalue weighted by Crippen LogP contribution is -2.30. The quantitative estimate of drug-likeness (QED) is 0.258. The van der Waals surface area contributed by atoms with Gasteiger partial charge in [0.2, 0.25) is 19.7 Å². The molecule has 2 fully saturated rings. The Morgan fingerprint density at radius 1 is 0.538 bits per heavy atom. The van der Waals surface area contributed by atoms with Crippen LogP contribution in [0.15, 0.2) is 105 Å². The van der Waals surface area contributed by atoms with E-state index < -0.39 is 19.7 Å². The van der Waals surface area contributed by atoms with Gasteiger partial charge in [0.05, 0.1) is 33.8 Å². The number of likely N-dealkylation sites (N-methyl/N-ethyl adjacent to an activating group) is 2. The highest BCUT2D eigenvalue weighted by Crippen LogP contribution is 2.46. The number of hydrogen-bond acceptors (Lipinski definition) is 10. The molecule has 0 radical (unpaired) electrons. The minimum absolute atomic E-state index is 0.266. The van der Waals surface area contributed by atoms with E-state index in [0.717, 1.165) is 74.4 Å². The molecule has 0 saturated carbocycles. The van der Waals surface area contributed by atoms with Gasteiger partial charge in [-0.2, -0.15) is 0 Å². The molecule has 12 heteroatoms. The fraction of sp³-hybridized carbons (Fsp3) is 0.400. The number of sulfone groups is 2. The van der Waals surface area contributed by atoms with E-state index in [4.69, 9.17) is 9.47 Å². The van der Waals surface area contributed by atoms with Crippen LogP contribution < -0.4 is 29.9 Å². The van der Waals surface area contributed by atoms with Crippen molar-refractivity contribution in [2.24, 2.45) is 0 Å². The first-order valence-corrected chi connectivity index (χ1v) is 20.9. The molecule has 4 aliphatic rings. The number of nitrogens with one attached hydrogen (secondary N) is 2. The van der Waals surface area contributed by atoms with Crippen LogP contribution in [0.2, 0.25) is 0 Å². The number of ether oxygens (including phenoxy) is 2. The third-order valence-corrected chi connectivity index (χ3v) is 14.8. The summed E-state index contributed by atoms with van der Waals surface area (Å²) in [4.78, 5) is 5.92. The Kier molecular flexibility index (Phi) is 10.3. The van der Waals surface area contributed by atoms with Crippen LogP contribution in [0.1, 0.15) is 48.6 Å². The molecular formula is C40H48N4O6S2. The lowest BCUT2D eigenvalue weighted by atomic mass is 9.91. The van der Waals surface area contributed by atoms with Gasteiger partial charge in [0.25, 0.3) is 0 Å². The van der Waals surface area contributed by atoms with E-state index in [-0.39, 0.29) is 4.90 Å². The van der Waals surface area contributed by atoms with E-state index in [0.29, 0.717) is 50.1 Å². The van der Waals surface area contributed by atoms with E-state index in [1.807, 2.05) is 24.3 Å². The molecule has 2 saturated heterocycles. The van der Waals surface area contributed by atoms with Gasteiger partial charge in [-0.05, 0) is 142 Å². The summed E-state index contributed by atoms with van der Waals surface area (Å²) in [5.74, 6) is 1.96. The van der Waals surface area contributed by atoms with Crippen molar-refractivity contribution < 1.29 is 26.3 Å². The molecule has 4 atom stereocenters. The van der Waals surface area contributed by atoms with E-state index >= 15 is 0 Å². The van der Waals surface area contributed by atoms with Crippen LogP contribution in [-0.4, -0.2) is 83.4 Å². The van der Waals surface area contributed by atoms with Gasteiger partial charge in [0, 0.05) is 49.4 Å². The summed E-state index contributed by atoms with van der Waals surface area (Å²) in [5, 5.41) is 6.90. The summed E-state index contributed by atoms with van der Waals surface area (Å²) >= 11 is 0. The van der Waals surface area contributed by atoms with Crippen molar-refractivity contribution in [2.45, 2.75) is 69.2 Å². The Bertz CT molecular complexity index is 2140. The van der Waals surface area contributed by atoms with E-state index in [1.165, 1.54) is 7.11 Å². The van der Waals surface area contributed by atoms with Gasteiger partial charge in [-0.25, -0.2) is 16.8 Å². The zero-order valence-electron chi connectivity index (χ0n) is 30.2. The third kappa shape index (κ3) is 6.66. The van der Waals surface area contributed by atoms with Gasteiger partial charge >= 0.3 is 0 Å². The molecule has 52 heavy (non-hydrogen) atoms. The molecule has 0 amide bonds. The maximum Gasteiger partial charge on any atom is 0.206 e. The predicted molar refractivity (Wildman–Crippen MR) is 204 cm³/mol. The molecule has 0 spiro atoms. The van der Waals surface area contributed by atoms with Crippen molar-refractivity contribution in [3.8, 4) is 11.5 Å². The van der Waals surface area contributed by atoms with Crippen molar-refractivity contribution in [1.29, 1.82) is 0 Å². The lowest BCUT2D eigenvalue weighted by Gasteiger charge is -2.24. The Morgan fingerprint density at radius 3 is 1.48 bits per heavy atom. The molecule has 2 N–H and O–H groups in total. The number of methoxy groups -OCH3 is 2. The molecule has 0 aliphatic carbocycles. The molecule has 4 aromatic rings. The number of fused-ring (bicyclic) bond motifs is 6. The highest BCUT2D eigenvalue weighted by atomic mass is 32.2. The monoisotopic (exact) mass is 744 g/mol. The maximum absolute atomic E-state index is 13.1.